The van der Waals surface area contributed by atoms with Gasteiger partial charge in [0.2, 0.25) is 5.91 Å². The lowest BCUT2D eigenvalue weighted by atomic mass is 9.48. The van der Waals surface area contributed by atoms with Gasteiger partial charge in [0.15, 0.2) is 11.5 Å². The molecule has 2 fully saturated rings. The summed E-state index contributed by atoms with van der Waals surface area (Å²) in [4.78, 5) is 30.1. The molecule has 2 bridgehead atoms. The zero-order chi connectivity index (χ0) is 33.0. The number of aliphatic hydroxyl groups is 1. The minimum Gasteiger partial charge on any atom is -0.483 e. The molecule has 1 amide bonds. The van der Waals surface area contributed by atoms with Crippen LogP contribution >= 0.6 is 0 Å². The molecule has 1 N–H and O–H groups in total. The van der Waals surface area contributed by atoms with E-state index in [2.05, 4.69) is 16.2 Å². The summed E-state index contributed by atoms with van der Waals surface area (Å²) in [5.74, 6) is -0.348. The highest BCUT2D eigenvalue weighted by Gasteiger charge is 2.73. The highest BCUT2D eigenvalue weighted by molar-refractivity contribution is 5.92. The monoisotopic (exact) mass is 640 g/mol. The molecule has 2 aliphatic heterocycles. The number of amides is 1. The molecule has 46 heavy (non-hydrogen) atoms. The number of hydrogen-bond donors (Lipinski definition) is 1. The Morgan fingerprint density at radius 3 is 2.72 bits per heavy atom. The summed E-state index contributed by atoms with van der Waals surface area (Å²) in [5.41, 5.74) is 0.261. The number of esters is 1. The van der Waals surface area contributed by atoms with Gasteiger partial charge in [0.25, 0.3) is 0 Å². The van der Waals surface area contributed by atoms with Gasteiger partial charge < -0.3 is 24.2 Å². The molecule has 6 rings (SSSR count). The van der Waals surface area contributed by atoms with Gasteiger partial charge in [0.05, 0.1) is 17.1 Å². The highest BCUT2D eigenvalue weighted by atomic mass is 19.4. The number of hydrogen-bond acceptors (Lipinski definition) is 7. The van der Waals surface area contributed by atoms with Crippen LogP contribution in [0.25, 0.3) is 6.08 Å². The number of carbonyl (C=O) groups excluding carboxylic acids is 2. The number of nitrogens with zero attached hydrogens (tertiary/aromatic N) is 2. The summed E-state index contributed by atoms with van der Waals surface area (Å²) in [6.45, 7) is 11.0. The van der Waals surface area contributed by atoms with Gasteiger partial charge in [0, 0.05) is 37.7 Å². The predicted octanol–water partition coefficient (Wildman–Crippen LogP) is 5.42. The number of halogens is 3. The van der Waals surface area contributed by atoms with E-state index in [1.54, 1.807) is 17.0 Å². The van der Waals surface area contributed by atoms with Crippen molar-refractivity contribution >= 4 is 18.0 Å². The Labute approximate surface area is 266 Å². The Morgan fingerprint density at radius 2 is 2.02 bits per heavy atom. The topological polar surface area (TPSA) is 88.5 Å². The summed E-state index contributed by atoms with van der Waals surface area (Å²) in [5, 5.41) is 12.8. The summed E-state index contributed by atoms with van der Waals surface area (Å²) < 4.78 is 54.8. The van der Waals surface area contributed by atoms with E-state index in [9.17, 15) is 27.9 Å². The third-order valence-corrected chi connectivity index (χ3v) is 9.90. The standard InChI is InChI=1S/C35H39F3N2O6/c1-5-16-39-17-15-33-30-24-10-11-27(44-22(4)41)31(30)45-32(33)26(13-14-34(33,43)28(39)19-24)40(20-21(2)3)29(42)12-9-23-7-6-8-25(18-23)46-35(36,37)38/h5-12,18,21,26,28,32,43H,1,13-17,19-20H2,2-4H3/b12-9+/t26?,28-,32?,33+,34-/m1/s1. The molecule has 2 aromatic rings. The lowest BCUT2D eigenvalue weighted by molar-refractivity contribution is -0.274. The molecular weight excluding hydrogens is 601 g/mol. The fraction of sp³-hybridized carbons (Fsp3) is 0.486. The largest absolute Gasteiger partial charge is 0.573 e. The van der Waals surface area contributed by atoms with E-state index in [0.717, 1.165) is 11.1 Å². The van der Waals surface area contributed by atoms with Crippen molar-refractivity contribution in [2.24, 2.45) is 5.92 Å². The number of benzene rings is 2. The first-order valence-electron chi connectivity index (χ1n) is 15.7. The van der Waals surface area contributed by atoms with Crippen LogP contribution < -0.4 is 14.2 Å². The average Bonchev–Trinajstić information content (AvgIpc) is 3.32. The van der Waals surface area contributed by atoms with Crippen molar-refractivity contribution in [1.29, 1.82) is 0 Å². The summed E-state index contributed by atoms with van der Waals surface area (Å²) in [6, 6.07) is 8.51. The van der Waals surface area contributed by atoms with Crippen molar-refractivity contribution < 1.29 is 42.1 Å². The van der Waals surface area contributed by atoms with Gasteiger partial charge in [-0.1, -0.05) is 38.1 Å². The SMILES string of the molecule is C=CCN1CC[C@]23c4c5ccc(OC(C)=O)c4OC2C(N(CC(C)C)C(=O)/C=C/c2cccc(OC(F)(F)F)c2)CC[C@@]3(O)[C@H]1C5. The molecule has 246 valence electrons. The van der Waals surface area contributed by atoms with Crippen molar-refractivity contribution in [2.45, 2.75) is 82.0 Å². The molecule has 2 unspecified atom stereocenters. The maximum absolute atomic E-state index is 14.0. The number of rotatable bonds is 9. The van der Waals surface area contributed by atoms with Gasteiger partial charge in [-0.25, -0.2) is 0 Å². The Morgan fingerprint density at radius 1 is 1.24 bits per heavy atom. The molecule has 2 aliphatic carbocycles. The van der Waals surface area contributed by atoms with E-state index >= 15 is 0 Å². The fourth-order valence-electron chi connectivity index (χ4n) is 8.39. The molecule has 4 aliphatic rings. The van der Waals surface area contributed by atoms with Crippen LogP contribution in [-0.4, -0.2) is 76.6 Å². The zero-order valence-corrected chi connectivity index (χ0v) is 26.2. The molecule has 1 saturated heterocycles. The van der Waals surface area contributed by atoms with Gasteiger partial charge in [-0.15, -0.1) is 19.8 Å². The molecule has 2 heterocycles. The molecule has 2 aromatic carbocycles. The Bertz CT molecular complexity index is 1570. The van der Waals surface area contributed by atoms with Crippen LogP contribution in [0.1, 0.15) is 56.7 Å². The van der Waals surface area contributed by atoms with Gasteiger partial charge in [-0.05, 0) is 73.5 Å². The van der Waals surface area contributed by atoms with Crippen LogP contribution in [0.4, 0.5) is 13.2 Å². The highest BCUT2D eigenvalue weighted by Crippen LogP contribution is 2.66. The van der Waals surface area contributed by atoms with Crippen molar-refractivity contribution in [3.8, 4) is 17.2 Å². The second-order valence-electron chi connectivity index (χ2n) is 13.2. The smallest absolute Gasteiger partial charge is 0.483 e. The zero-order valence-electron chi connectivity index (χ0n) is 26.2. The van der Waals surface area contributed by atoms with Crippen molar-refractivity contribution in [3.05, 3.63) is 71.8 Å². The van der Waals surface area contributed by atoms with Gasteiger partial charge in [-0.3, -0.25) is 14.5 Å². The van der Waals surface area contributed by atoms with Gasteiger partial charge in [0.1, 0.15) is 11.9 Å². The number of piperidine rings is 1. The third-order valence-electron chi connectivity index (χ3n) is 9.90. The fourth-order valence-corrected chi connectivity index (χ4v) is 8.39. The van der Waals surface area contributed by atoms with Crippen LogP contribution in [0.5, 0.6) is 17.2 Å². The maximum atomic E-state index is 14.0. The second kappa shape index (κ2) is 11.8. The maximum Gasteiger partial charge on any atom is 0.573 e. The van der Waals surface area contributed by atoms with E-state index in [4.69, 9.17) is 9.47 Å². The molecule has 1 saturated carbocycles. The molecular formula is C35H39F3N2O6. The quantitative estimate of drug-likeness (QED) is 0.170. The first-order valence-corrected chi connectivity index (χ1v) is 15.7. The Balaban J connectivity index is 1.39. The lowest BCUT2D eigenvalue weighted by Crippen LogP contribution is -2.78. The summed E-state index contributed by atoms with van der Waals surface area (Å²) in [6.07, 6.45) is 1.30. The molecule has 1 spiro atoms. The summed E-state index contributed by atoms with van der Waals surface area (Å²) >= 11 is 0. The average molecular weight is 641 g/mol. The predicted molar refractivity (Wildman–Crippen MR) is 164 cm³/mol. The van der Waals surface area contributed by atoms with Crippen LogP contribution in [0.15, 0.2) is 55.1 Å². The minimum absolute atomic E-state index is 0.0867. The first kappa shape index (κ1) is 32.1. The van der Waals surface area contributed by atoms with E-state index in [-0.39, 0.29) is 23.6 Å². The Kier molecular flexibility index (Phi) is 8.21. The van der Waals surface area contributed by atoms with Crippen LogP contribution in [0.3, 0.4) is 0 Å². The second-order valence-corrected chi connectivity index (χ2v) is 13.2. The van der Waals surface area contributed by atoms with E-state index < -0.39 is 35.5 Å². The van der Waals surface area contributed by atoms with Crippen LogP contribution in [-0.2, 0) is 21.4 Å². The number of alkyl halides is 3. The van der Waals surface area contributed by atoms with Gasteiger partial charge >= 0.3 is 12.3 Å². The molecule has 8 nitrogen and oxygen atoms in total. The summed E-state index contributed by atoms with van der Waals surface area (Å²) in [7, 11) is 0. The van der Waals surface area contributed by atoms with E-state index in [0.29, 0.717) is 62.4 Å². The Hall–Kier alpha value is -3.83. The minimum atomic E-state index is -4.83. The number of likely N-dealkylation sites (tertiary alicyclic amines) is 1. The van der Waals surface area contributed by atoms with Crippen molar-refractivity contribution in [3.63, 3.8) is 0 Å². The van der Waals surface area contributed by atoms with Crippen LogP contribution in [0, 0.1) is 5.92 Å². The molecule has 0 aromatic heterocycles. The van der Waals surface area contributed by atoms with Crippen molar-refractivity contribution in [2.75, 3.05) is 19.6 Å². The molecule has 5 atom stereocenters. The van der Waals surface area contributed by atoms with Crippen molar-refractivity contribution in [1.82, 2.24) is 9.80 Å². The lowest BCUT2D eigenvalue weighted by Gasteiger charge is -2.64. The molecule has 0 radical (unpaired) electrons. The number of carbonyl (C=O) groups is 2. The van der Waals surface area contributed by atoms with E-state index in [1.807, 2.05) is 26.0 Å². The van der Waals surface area contributed by atoms with Crippen LogP contribution in [0.2, 0.25) is 0 Å². The number of ether oxygens (including phenoxy) is 3. The molecule has 11 heteroatoms. The normalized spacial score (nSPS) is 28.0. The van der Waals surface area contributed by atoms with Gasteiger partial charge in [-0.2, -0.15) is 0 Å². The first-order chi connectivity index (χ1) is 21.8. The van der Waals surface area contributed by atoms with E-state index in [1.165, 1.54) is 37.3 Å². The third kappa shape index (κ3) is 5.37.